The number of esters is 1. The lowest BCUT2D eigenvalue weighted by Gasteiger charge is -2.22. The second-order valence-electron chi connectivity index (χ2n) is 7.94. The molecule has 0 radical (unpaired) electrons. The highest BCUT2D eigenvalue weighted by molar-refractivity contribution is 5.89. The molecule has 4 heteroatoms. The van der Waals surface area contributed by atoms with Crippen LogP contribution < -0.4 is 4.74 Å². The molecule has 1 aliphatic carbocycles. The van der Waals surface area contributed by atoms with Crippen LogP contribution in [0.5, 0.6) is 5.75 Å². The van der Waals surface area contributed by atoms with Gasteiger partial charge in [0.15, 0.2) is 0 Å². The van der Waals surface area contributed by atoms with Gasteiger partial charge in [0.2, 0.25) is 0 Å². The van der Waals surface area contributed by atoms with E-state index >= 15 is 0 Å². The number of benzene rings is 2. The SMILES string of the molecule is CCOC(=O)C=Cc1ccc(OCC2CCCCC2)c(-c2ccc3[nH]ccc3c2)c1. The molecule has 0 spiro atoms. The summed E-state index contributed by atoms with van der Waals surface area (Å²) in [6.07, 6.45) is 11.7. The number of nitrogens with one attached hydrogen (secondary N) is 1. The fraction of sp³-hybridized carbons (Fsp3) is 0.346. The summed E-state index contributed by atoms with van der Waals surface area (Å²) in [5.74, 6) is 1.20. The van der Waals surface area contributed by atoms with Gasteiger partial charge in [0, 0.05) is 23.4 Å². The van der Waals surface area contributed by atoms with E-state index in [1.807, 2.05) is 18.3 Å². The van der Waals surface area contributed by atoms with Gasteiger partial charge in [-0.25, -0.2) is 4.79 Å². The monoisotopic (exact) mass is 403 g/mol. The van der Waals surface area contributed by atoms with Crippen molar-refractivity contribution in [2.24, 2.45) is 5.92 Å². The number of aromatic nitrogens is 1. The second kappa shape index (κ2) is 9.66. The van der Waals surface area contributed by atoms with Crippen molar-refractivity contribution in [3.8, 4) is 16.9 Å². The minimum atomic E-state index is -0.328. The lowest BCUT2D eigenvalue weighted by atomic mass is 9.90. The lowest BCUT2D eigenvalue weighted by Crippen LogP contribution is -2.15. The summed E-state index contributed by atoms with van der Waals surface area (Å²) >= 11 is 0. The highest BCUT2D eigenvalue weighted by atomic mass is 16.5. The molecule has 0 saturated heterocycles. The molecule has 1 fully saturated rings. The van der Waals surface area contributed by atoms with Gasteiger partial charge in [-0.2, -0.15) is 0 Å². The van der Waals surface area contributed by atoms with E-state index in [2.05, 4.69) is 35.3 Å². The number of carbonyl (C=O) groups is 1. The van der Waals surface area contributed by atoms with Crippen LogP contribution in [0.2, 0.25) is 0 Å². The van der Waals surface area contributed by atoms with Crippen molar-refractivity contribution in [3.05, 3.63) is 60.3 Å². The predicted octanol–water partition coefficient (Wildman–Crippen LogP) is 6.37. The van der Waals surface area contributed by atoms with E-state index in [1.54, 1.807) is 13.0 Å². The molecule has 1 heterocycles. The van der Waals surface area contributed by atoms with Gasteiger partial charge in [0.1, 0.15) is 5.75 Å². The number of rotatable bonds is 7. The Balaban J connectivity index is 1.62. The van der Waals surface area contributed by atoms with E-state index in [9.17, 15) is 4.79 Å². The number of ether oxygens (including phenoxy) is 2. The normalized spacial score (nSPS) is 15.0. The topological polar surface area (TPSA) is 51.3 Å². The molecular formula is C26H29NO3. The molecule has 1 aromatic heterocycles. The Labute approximate surface area is 177 Å². The van der Waals surface area contributed by atoms with Gasteiger partial charge in [0.25, 0.3) is 0 Å². The van der Waals surface area contributed by atoms with Gasteiger partial charge >= 0.3 is 5.97 Å². The van der Waals surface area contributed by atoms with Crippen molar-refractivity contribution in [1.29, 1.82) is 0 Å². The van der Waals surface area contributed by atoms with Gasteiger partial charge in [-0.1, -0.05) is 31.4 Å². The zero-order valence-corrected chi connectivity index (χ0v) is 17.5. The first-order chi connectivity index (χ1) is 14.7. The number of aromatic amines is 1. The number of hydrogen-bond donors (Lipinski definition) is 1. The summed E-state index contributed by atoms with van der Waals surface area (Å²) in [6, 6.07) is 14.5. The molecule has 1 saturated carbocycles. The Bertz CT molecular complexity index is 1030. The molecular weight excluding hydrogens is 374 g/mol. The van der Waals surface area contributed by atoms with Gasteiger partial charge in [-0.05, 0) is 78.6 Å². The molecule has 1 aliphatic rings. The van der Waals surface area contributed by atoms with Crippen LogP contribution in [0.1, 0.15) is 44.6 Å². The van der Waals surface area contributed by atoms with Crippen molar-refractivity contribution in [2.45, 2.75) is 39.0 Å². The van der Waals surface area contributed by atoms with E-state index in [0.29, 0.717) is 12.5 Å². The predicted molar refractivity (Wildman–Crippen MR) is 121 cm³/mol. The van der Waals surface area contributed by atoms with Crippen LogP contribution in [-0.2, 0) is 9.53 Å². The summed E-state index contributed by atoms with van der Waals surface area (Å²) < 4.78 is 11.3. The highest BCUT2D eigenvalue weighted by Crippen LogP contribution is 2.34. The Morgan fingerprint density at radius 2 is 1.97 bits per heavy atom. The first-order valence-electron chi connectivity index (χ1n) is 10.9. The Kier molecular flexibility index (Phi) is 6.53. The van der Waals surface area contributed by atoms with E-state index in [1.165, 1.54) is 38.2 Å². The first kappa shape index (κ1) is 20.3. The average Bonchev–Trinajstić information content (AvgIpc) is 3.25. The average molecular weight is 404 g/mol. The molecule has 156 valence electrons. The summed E-state index contributed by atoms with van der Waals surface area (Å²) in [6.45, 7) is 2.94. The maximum atomic E-state index is 11.7. The van der Waals surface area contributed by atoms with E-state index < -0.39 is 0 Å². The molecule has 1 N–H and O–H groups in total. The molecule has 0 aliphatic heterocycles. The van der Waals surface area contributed by atoms with E-state index in [4.69, 9.17) is 9.47 Å². The quantitative estimate of drug-likeness (QED) is 0.368. The maximum Gasteiger partial charge on any atom is 0.330 e. The third-order valence-electron chi connectivity index (χ3n) is 5.77. The van der Waals surface area contributed by atoms with Crippen molar-refractivity contribution < 1.29 is 14.3 Å². The largest absolute Gasteiger partial charge is 0.493 e. The lowest BCUT2D eigenvalue weighted by molar-refractivity contribution is -0.137. The zero-order valence-electron chi connectivity index (χ0n) is 17.5. The highest BCUT2D eigenvalue weighted by Gasteiger charge is 2.16. The molecule has 3 aromatic rings. The van der Waals surface area contributed by atoms with Crippen LogP contribution in [0, 0.1) is 5.92 Å². The number of H-pyrrole nitrogens is 1. The number of hydrogen-bond acceptors (Lipinski definition) is 3. The third kappa shape index (κ3) is 4.93. The maximum absolute atomic E-state index is 11.7. The van der Waals surface area contributed by atoms with Crippen molar-refractivity contribution >= 4 is 22.9 Å². The van der Waals surface area contributed by atoms with Crippen molar-refractivity contribution in [3.63, 3.8) is 0 Å². The molecule has 4 rings (SSSR count). The summed E-state index contributed by atoms with van der Waals surface area (Å²) in [5.41, 5.74) is 4.20. The van der Waals surface area contributed by atoms with Crippen molar-refractivity contribution in [1.82, 2.24) is 4.98 Å². The summed E-state index contributed by atoms with van der Waals surface area (Å²) in [7, 11) is 0. The summed E-state index contributed by atoms with van der Waals surface area (Å²) in [5, 5.41) is 1.16. The molecule has 0 bridgehead atoms. The molecule has 0 unspecified atom stereocenters. The Morgan fingerprint density at radius 3 is 2.80 bits per heavy atom. The smallest absolute Gasteiger partial charge is 0.330 e. The van der Waals surface area contributed by atoms with Crippen LogP contribution >= 0.6 is 0 Å². The van der Waals surface area contributed by atoms with Crippen LogP contribution in [0.25, 0.3) is 28.1 Å². The van der Waals surface area contributed by atoms with Gasteiger partial charge in [0.05, 0.1) is 13.2 Å². The molecule has 0 amide bonds. The minimum absolute atomic E-state index is 0.328. The molecule has 4 nitrogen and oxygen atoms in total. The van der Waals surface area contributed by atoms with E-state index in [-0.39, 0.29) is 5.97 Å². The molecule has 2 aromatic carbocycles. The first-order valence-corrected chi connectivity index (χ1v) is 10.9. The fourth-order valence-electron chi connectivity index (χ4n) is 4.14. The molecule has 30 heavy (non-hydrogen) atoms. The Morgan fingerprint density at radius 1 is 1.10 bits per heavy atom. The van der Waals surface area contributed by atoms with Crippen molar-refractivity contribution in [2.75, 3.05) is 13.2 Å². The standard InChI is InChI=1S/C26H29NO3/c1-2-29-26(28)13-9-19-8-12-25(30-18-20-6-4-3-5-7-20)23(16-19)21-10-11-24-22(17-21)14-15-27-24/h8-17,20,27H,2-7,18H2,1H3. The zero-order chi connectivity index (χ0) is 20.8. The molecule has 0 atom stereocenters. The van der Waals surface area contributed by atoms with Gasteiger partial charge in [-0.15, -0.1) is 0 Å². The second-order valence-corrected chi connectivity index (χ2v) is 7.94. The van der Waals surface area contributed by atoms with E-state index in [0.717, 1.165) is 39.9 Å². The number of fused-ring (bicyclic) bond motifs is 1. The Hall–Kier alpha value is -3.01. The van der Waals surface area contributed by atoms with Crippen LogP contribution in [0.4, 0.5) is 0 Å². The third-order valence-corrected chi connectivity index (χ3v) is 5.77. The van der Waals surface area contributed by atoms with Gasteiger partial charge in [-0.3, -0.25) is 0 Å². The van der Waals surface area contributed by atoms with Crippen LogP contribution in [0.15, 0.2) is 54.7 Å². The van der Waals surface area contributed by atoms with Crippen LogP contribution in [0.3, 0.4) is 0 Å². The number of carbonyl (C=O) groups excluding carboxylic acids is 1. The fourth-order valence-corrected chi connectivity index (χ4v) is 4.14. The minimum Gasteiger partial charge on any atom is -0.493 e. The van der Waals surface area contributed by atoms with Gasteiger partial charge < -0.3 is 14.5 Å². The van der Waals surface area contributed by atoms with Crippen LogP contribution in [-0.4, -0.2) is 24.2 Å². The summed E-state index contributed by atoms with van der Waals surface area (Å²) in [4.78, 5) is 14.9.